The van der Waals surface area contributed by atoms with Crippen molar-refractivity contribution in [1.82, 2.24) is 67.5 Å². The molecule has 0 aliphatic carbocycles. The molecule has 5 rings (SSSR count). The molecule has 14 amide bonds. The number of methoxy groups -OCH3 is 2. The smallest absolute Gasteiger partial charge is 0.464 e. The average Bonchev–Trinajstić information content (AvgIpc) is 1.77. The van der Waals surface area contributed by atoms with E-state index in [1.54, 1.807) is 74.9 Å². The lowest BCUT2D eigenvalue weighted by molar-refractivity contribution is -0.148. The molecule has 44 nitrogen and oxygen atoms in total. The first-order chi connectivity index (χ1) is 62.8. The van der Waals surface area contributed by atoms with E-state index in [-0.39, 0.29) is 126 Å². The molecular weight excluding hydrogens is 1780 g/mol. The SMILES string of the molecule is CC[C@H](C)[C@@H]([C@@H](CC(=O)N1CCC[C@H]1[C@H](OC)[C@@H](C)C(=O)N[C@H](C)[C@@H](OP(=O)(O)OCc1ccc(NC(=O)[C@H](C)NC(=O)[C@@H](NC(=O)[C@H](CO)NC(=O)[C@H](CC(=O)N[C@H]2CCOC2=O)NC(=O)CCOCCOCCOCCOCCNC(=O)[C@H](CNC(=O)CCP(=O)(O)O)N2C(=O)C=CC2=O)C(C)C)cc1)c1ccccc1)OC)N(C)C(=O)[C@@H](NC(=O)[C@H](C(C)C)N(C)C)C(C)C. The molecule has 0 bridgehead atoms. The number of nitrogens with zero attached hydrogens (tertiary/aromatic N) is 4. The summed E-state index contributed by atoms with van der Waals surface area (Å²) < 4.78 is 75.4. The number of likely N-dealkylation sites (tertiary alicyclic amines) is 1. The monoisotopic (exact) mass is 1920 g/mol. The number of imide groups is 1. The number of nitrogens with one attached hydrogen (secondary N) is 10. The number of aliphatic hydroxyl groups excluding tert-OH is 1. The van der Waals surface area contributed by atoms with Gasteiger partial charge in [-0.05, 0) is 87.7 Å². The molecular formula is C87H138N14O30P2. The van der Waals surface area contributed by atoms with Crippen LogP contribution >= 0.6 is 15.4 Å². The number of carbonyl (C=O) groups excluding carboxylic acids is 15. The summed E-state index contributed by atoms with van der Waals surface area (Å²) in [6.07, 6.45) is -1.60. The molecule has 3 aliphatic rings. The van der Waals surface area contributed by atoms with Crippen LogP contribution in [0.4, 0.5) is 5.69 Å². The largest absolute Gasteiger partial charge is 0.473 e. The molecule has 1 unspecified atom stereocenters. The third-order valence-corrected chi connectivity index (χ3v) is 24.4. The Balaban J connectivity index is 1.08. The molecule has 14 N–H and O–H groups in total. The number of phosphoric acid groups is 1. The molecule has 2 saturated heterocycles. The number of rotatable bonds is 61. The van der Waals surface area contributed by atoms with Crippen LogP contribution < -0.4 is 53.2 Å². The molecule has 0 radical (unpaired) electrons. The zero-order valence-corrected chi connectivity index (χ0v) is 80.5. The second-order valence-electron chi connectivity index (χ2n) is 34.1. The van der Waals surface area contributed by atoms with Gasteiger partial charge in [-0.3, -0.25) is 90.5 Å². The topological polar surface area (TPSA) is 587 Å². The highest BCUT2D eigenvalue weighted by Gasteiger charge is 2.46. The van der Waals surface area contributed by atoms with Gasteiger partial charge in [0.25, 0.3) is 11.8 Å². The molecule has 3 heterocycles. The Morgan fingerprint density at radius 2 is 1.20 bits per heavy atom. The summed E-state index contributed by atoms with van der Waals surface area (Å²) in [7, 11) is -1.21. The van der Waals surface area contributed by atoms with Crippen molar-refractivity contribution in [2.24, 2.45) is 29.6 Å². The van der Waals surface area contributed by atoms with Crippen molar-refractivity contribution in [3.8, 4) is 0 Å². The van der Waals surface area contributed by atoms with Crippen molar-refractivity contribution in [2.45, 2.75) is 219 Å². The number of cyclic esters (lactones) is 1. The van der Waals surface area contributed by atoms with E-state index in [2.05, 4.69) is 53.2 Å². The third-order valence-electron chi connectivity index (χ3n) is 22.6. The Morgan fingerprint density at radius 3 is 1.74 bits per heavy atom. The van der Waals surface area contributed by atoms with Crippen molar-refractivity contribution in [3.63, 3.8) is 0 Å². The predicted molar refractivity (Wildman–Crippen MR) is 480 cm³/mol. The van der Waals surface area contributed by atoms with E-state index >= 15 is 0 Å². The number of likely N-dealkylation sites (N-methyl/N-ethyl adjacent to an activating group) is 2. The second-order valence-corrected chi connectivity index (χ2v) is 37.3. The van der Waals surface area contributed by atoms with Crippen molar-refractivity contribution in [3.05, 3.63) is 77.9 Å². The van der Waals surface area contributed by atoms with E-state index in [1.807, 2.05) is 60.5 Å². The minimum absolute atomic E-state index is 0.00277. The molecule has 17 atom stereocenters. The van der Waals surface area contributed by atoms with Crippen LogP contribution in [0.15, 0.2) is 66.7 Å². The number of anilines is 1. The summed E-state index contributed by atoms with van der Waals surface area (Å²) in [5, 5.41) is 36.0. The number of hydrogen-bond acceptors (Lipinski definition) is 28. The van der Waals surface area contributed by atoms with E-state index in [0.29, 0.717) is 41.8 Å². The highest BCUT2D eigenvalue weighted by atomic mass is 31.2. The Kier molecular flexibility index (Phi) is 48.5. The zero-order chi connectivity index (χ0) is 99.1. The van der Waals surface area contributed by atoms with Gasteiger partial charge in [0.2, 0.25) is 70.9 Å². The molecule has 3 aliphatic heterocycles. The fourth-order valence-corrected chi connectivity index (χ4v) is 16.7. The van der Waals surface area contributed by atoms with Gasteiger partial charge < -0.3 is 116 Å². The average molecular weight is 1920 g/mol. The van der Waals surface area contributed by atoms with Gasteiger partial charge in [-0.15, -0.1) is 0 Å². The molecule has 0 saturated carbocycles. The Bertz CT molecular complexity index is 4290. The third kappa shape index (κ3) is 37.5. The molecule has 0 aromatic heterocycles. The van der Waals surface area contributed by atoms with Gasteiger partial charge in [-0.2, -0.15) is 0 Å². The Morgan fingerprint density at radius 1 is 0.602 bits per heavy atom. The van der Waals surface area contributed by atoms with E-state index in [1.165, 1.54) is 45.4 Å². The number of hydrogen-bond donors (Lipinski definition) is 14. The lowest BCUT2D eigenvalue weighted by Crippen LogP contribution is -2.60. The Hall–Kier alpha value is -9.63. The van der Waals surface area contributed by atoms with Crippen LogP contribution in [0.1, 0.15) is 145 Å². The van der Waals surface area contributed by atoms with Crippen LogP contribution in [0.2, 0.25) is 0 Å². The van der Waals surface area contributed by atoms with Crippen LogP contribution in [0, 0.1) is 29.6 Å². The molecule has 746 valence electrons. The van der Waals surface area contributed by atoms with E-state index < -0.39 is 222 Å². The van der Waals surface area contributed by atoms with Crippen molar-refractivity contribution in [1.29, 1.82) is 0 Å². The first-order valence-electron chi connectivity index (χ1n) is 44.5. The molecule has 2 aromatic rings. The van der Waals surface area contributed by atoms with Crippen LogP contribution in [-0.2, 0) is 130 Å². The zero-order valence-electron chi connectivity index (χ0n) is 78.7. The van der Waals surface area contributed by atoms with Crippen LogP contribution in [0.25, 0.3) is 0 Å². The summed E-state index contributed by atoms with van der Waals surface area (Å²) in [5.41, 5.74) is 0.985. The summed E-state index contributed by atoms with van der Waals surface area (Å²) in [4.78, 5) is 236. The fraction of sp³-hybridized carbons (Fsp3) is 0.667. The fourth-order valence-electron chi connectivity index (χ4n) is 15.2. The molecule has 0 spiro atoms. The molecule has 133 heavy (non-hydrogen) atoms. The van der Waals surface area contributed by atoms with Gasteiger partial charge >= 0.3 is 21.4 Å². The normalized spacial score (nSPS) is 18.2. The maximum absolute atomic E-state index is 14.7. The van der Waals surface area contributed by atoms with Gasteiger partial charge in [-0.25, -0.2) is 9.36 Å². The summed E-state index contributed by atoms with van der Waals surface area (Å²) in [6.45, 7) is 17.9. The van der Waals surface area contributed by atoms with E-state index in [4.69, 9.17) is 52.0 Å². The minimum Gasteiger partial charge on any atom is -0.464 e. The number of phosphoric ester groups is 1. The van der Waals surface area contributed by atoms with Crippen LogP contribution in [-0.4, -0.2) is 334 Å². The number of esters is 1. The number of amides is 14. The van der Waals surface area contributed by atoms with Crippen molar-refractivity contribution < 1.29 is 143 Å². The molecule has 2 aromatic carbocycles. The van der Waals surface area contributed by atoms with Gasteiger partial charge in [0.05, 0.1) is 134 Å². The molecule has 2 fully saturated rings. The van der Waals surface area contributed by atoms with Crippen LogP contribution in [0.5, 0.6) is 0 Å². The van der Waals surface area contributed by atoms with E-state index in [0.717, 1.165) is 12.2 Å². The first-order valence-corrected chi connectivity index (χ1v) is 47.8. The lowest BCUT2D eigenvalue weighted by Gasteiger charge is -2.41. The minimum atomic E-state index is -4.98. The van der Waals surface area contributed by atoms with Crippen molar-refractivity contribution >= 4 is 110 Å². The highest BCUT2D eigenvalue weighted by molar-refractivity contribution is 7.51. The highest BCUT2D eigenvalue weighted by Crippen LogP contribution is 2.50. The number of benzene rings is 2. The maximum Gasteiger partial charge on any atom is 0.473 e. The first kappa shape index (κ1) is 114. The Labute approximate surface area is 775 Å². The van der Waals surface area contributed by atoms with Gasteiger partial charge in [0, 0.05) is 78.0 Å². The number of ether oxygens (including phenoxy) is 7. The quantitative estimate of drug-likeness (QED) is 0.0181. The van der Waals surface area contributed by atoms with E-state index in [9.17, 15) is 91.0 Å². The summed E-state index contributed by atoms with van der Waals surface area (Å²) in [5.74, 6) is -12.8. The number of carbonyl (C=O) groups is 15. The lowest BCUT2D eigenvalue weighted by atomic mass is 9.89. The van der Waals surface area contributed by atoms with Gasteiger partial charge in [0.1, 0.15) is 48.4 Å². The standard InChI is InChI=1S/C87H138N14O30P2/c1-17-54(8)76(99(14)86(116)74(52(4)5)97-85(115)75(53(6)7)98(12)13)66(123-15)47-72(108)100-35-21-24-64(100)77(124-16)55(9)79(109)90-56(10)78(59-22-19-18-20-23-59)131-133(121,122)130-50-58-25-27-60(28-26-58)92-80(110)57(11)91-84(114)73(51(2)3)96-82(112)63(49-102)95-81(111)62(46-69(105)93-61-31-37-129-87(61)117)94-68(104)32-36-125-39-41-127-43-44-128-42-40-126-38-34-88-83(113)65(101-70(106)29-30-71(101)107)48-89-67(103)33-45-132(118,119)120/h18-20,22-23,25-30,51-57,61-66,73-78,102H,17,21,24,31-50H2,1-16H3,(H,88,113)(H,89,103)(H,90,109)(H,91,114)(H,92,110)(H,93,105)(H,94,104)(H,95,111)(H,96,112)(H,97,115)(H,121,122)(H2,118,119,120)/t54-,55+,56+,57-,61-,62-,63-,64-,65-,66+,73-,74-,75-,76-,77+,78+/m0/s1. The van der Waals surface area contributed by atoms with Gasteiger partial charge in [0.15, 0.2) is 0 Å². The maximum atomic E-state index is 14.7. The van der Waals surface area contributed by atoms with Crippen LogP contribution in [0.3, 0.4) is 0 Å². The molecule has 46 heteroatoms. The summed E-state index contributed by atoms with van der Waals surface area (Å²) >= 11 is 0. The number of aliphatic hydroxyl groups is 1. The van der Waals surface area contributed by atoms with Crippen molar-refractivity contribution in [2.75, 3.05) is 133 Å². The summed E-state index contributed by atoms with van der Waals surface area (Å²) in [6, 6.07) is 2.19. The predicted octanol–water partition coefficient (Wildman–Crippen LogP) is 0.131. The van der Waals surface area contributed by atoms with Gasteiger partial charge in [-0.1, -0.05) is 111 Å². The second kappa shape index (κ2) is 56.7.